The van der Waals surface area contributed by atoms with Gasteiger partial charge in [-0.1, -0.05) is 0 Å². The molecule has 2 aromatic heterocycles. The third-order valence-corrected chi connectivity index (χ3v) is 5.55. The van der Waals surface area contributed by atoms with E-state index in [4.69, 9.17) is 23.0 Å². The monoisotopic (exact) mass is 549 g/mol. The SMILES string of the molecule is CCOC(=O)c1ccc(-c2coc3cc(OC(=O)C4CCCN4C(=O)OC(C)(C)C)cc(O)c3c2=O)o1.Cl. The van der Waals surface area contributed by atoms with Gasteiger partial charge in [0.2, 0.25) is 11.2 Å². The molecule has 1 atom stereocenters. The molecule has 38 heavy (non-hydrogen) atoms. The zero-order valence-corrected chi connectivity index (χ0v) is 22.1. The van der Waals surface area contributed by atoms with Crippen LogP contribution >= 0.6 is 12.4 Å². The summed E-state index contributed by atoms with van der Waals surface area (Å²) in [6.07, 6.45) is 1.50. The summed E-state index contributed by atoms with van der Waals surface area (Å²) < 4.78 is 26.6. The van der Waals surface area contributed by atoms with Crippen LogP contribution < -0.4 is 10.2 Å². The van der Waals surface area contributed by atoms with Crippen molar-refractivity contribution in [2.24, 2.45) is 0 Å². The zero-order chi connectivity index (χ0) is 26.9. The molecule has 4 rings (SSSR count). The van der Waals surface area contributed by atoms with Crippen molar-refractivity contribution in [3.8, 4) is 22.8 Å². The lowest BCUT2D eigenvalue weighted by Gasteiger charge is -2.27. The minimum Gasteiger partial charge on any atom is -0.507 e. The topological polar surface area (TPSA) is 146 Å². The van der Waals surface area contributed by atoms with Crippen molar-refractivity contribution in [3.63, 3.8) is 0 Å². The lowest BCUT2D eigenvalue weighted by Crippen LogP contribution is -2.44. The number of carbonyl (C=O) groups excluding carboxylic acids is 3. The standard InChI is InChI=1S/C26H27NO10.ClH/c1-5-33-24(31)19-9-8-18(36-19)15-13-34-20-12-14(11-17(28)21(20)22(15)29)35-23(30)16-7-6-10-27(16)25(32)37-26(2,3)4;/h8-9,11-13,16,28H,5-7,10H2,1-4H3;1H. The summed E-state index contributed by atoms with van der Waals surface area (Å²) in [6.45, 7) is 7.36. The second-order valence-corrected chi connectivity index (χ2v) is 9.43. The predicted molar refractivity (Wildman–Crippen MR) is 137 cm³/mol. The number of benzene rings is 1. The molecule has 1 aromatic carbocycles. The highest BCUT2D eigenvalue weighted by molar-refractivity contribution is 5.90. The molecule has 0 aliphatic carbocycles. The number of esters is 2. The molecule has 3 aromatic rings. The molecule has 1 fully saturated rings. The van der Waals surface area contributed by atoms with E-state index in [9.17, 15) is 24.3 Å². The van der Waals surface area contributed by atoms with E-state index in [1.807, 2.05) is 0 Å². The number of nitrogens with zero attached hydrogens (tertiary/aromatic N) is 1. The number of rotatable bonds is 5. The Kier molecular flexibility index (Phi) is 8.41. The van der Waals surface area contributed by atoms with Crippen LogP contribution in [-0.4, -0.2) is 52.8 Å². The first-order valence-corrected chi connectivity index (χ1v) is 11.8. The molecule has 0 bridgehead atoms. The quantitative estimate of drug-likeness (QED) is 0.352. The molecule has 1 saturated heterocycles. The molecule has 1 aliphatic heterocycles. The minimum atomic E-state index is -0.852. The highest BCUT2D eigenvalue weighted by atomic mass is 35.5. The van der Waals surface area contributed by atoms with Crippen molar-refractivity contribution in [2.75, 3.05) is 13.2 Å². The number of halogens is 1. The first-order chi connectivity index (χ1) is 17.5. The molecule has 1 aliphatic rings. The van der Waals surface area contributed by atoms with Crippen LogP contribution in [0.5, 0.6) is 11.5 Å². The van der Waals surface area contributed by atoms with Gasteiger partial charge in [-0.15, -0.1) is 12.4 Å². The van der Waals surface area contributed by atoms with Crippen LogP contribution in [-0.2, 0) is 14.3 Å². The predicted octanol–water partition coefficient (Wildman–Crippen LogP) is 4.66. The minimum absolute atomic E-state index is 0. The first-order valence-electron chi connectivity index (χ1n) is 11.8. The number of likely N-dealkylation sites (tertiary alicyclic amines) is 1. The summed E-state index contributed by atoms with van der Waals surface area (Å²) in [5, 5.41) is 10.4. The number of phenolic OH excluding ortho intramolecular Hbond substituents is 1. The van der Waals surface area contributed by atoms with Crippen molar-refractivity contribution < 1.29 is 42.5 Å². The van der Waals surface area contributed by atoms with E-state index in [-0.39, 0.29) is 52.8 Å². The highest BCUT2D eigenvalue weighted by Crippen LogP contribution is 2.32. The lowest BCUT2D eigenvalue weighted by molar-refractivity contribution is -0.139. The fraction of sp³-hybridized carbons (Fsp3) is 0.385. The number of phenols is 1. The van der Waals surface area contributed by atoms with Crippen molar-refractivity contribution >= 4 is 41.4 Å². The van der Waals surface area contributed by atoms with Crippen LogP contribution in [0.3, 0.4) is 0 Å². The Hall–Kier alpha value is -3.99. The zero-order valence-electron chi connectivity index (χ0n) is 21.3. The lowest BCUT2D eigenvalue weighted by atomic mass is 10.1. The Morgan fingerprint density at radius 2 is 1.92 bits per heavy atom. The van der Waals surface area contributed by atoms with Gasteiger partial charge < -0.3 is 28.2 Å². The Bertz CT molecular complexity index is 1420. The Morgan fingerprint density at radius 3 is 2.61 bits per heavy atom. The number of hydrogen-bond donors (Lipinski definition) is 1. The molecular formula is C26H28ClNO10. The Balaban J connectivity index is 0.00000400. The number of furan rings is 1. The van der Waals surface area contributed by atoms with Crippen LogP contribution in [0.25, 0.3) is 22.3 Å². The fourth-order valence-electron chi connectivity index (χ4n) is 3.97. The maximum Gasteiger partial charge on any atom is 0.411 e. The molecule has 3 heterocycles. The third-order valence-electron chi connectivity index (χ3n) is 5.55. The molecule has 1 amide bonds. The van der Waals surface area contributed by atoms with Crippen molar-refractivity contribution in [3.05, 3.63) is 46.5 Å². The van der Waals surface area contributed by atoms with E-state index in [1.165, 1.54) is 23.1 Å². The smallest absolute Gasteiger partial charge is 0.411 e. The summed E-state index contributed by atoms with van der Waals surface area (Å²) >= 11 is 0. The number of hydrogen-bond acceptors (Lipinski definition) is 10. The number of aromatic hydroxyl groups is 1. The molecule has 204 valence electrons. The van der Waals surface area contributed by atoms with Gasteiger partial charge >= 0.3 is 18.0 Å². The second-order valence-electron chi connectivity index (χ2n) is 9.43. The molecule has 11 nitrogen and oxygen atoms in total. The third kappa shape index (κ3) is 5.94. The number of fused-ring (bicyclic) bond motifs is 1. The Morgan fingerprint density at radius 1 is 1.18 bits per heavy atom. The summed E-state index contributed by atoms with van der Waals surface area (Å²) in [4.78, 5) is 51.6. The van der Waals surface area contributed by atoms with Gasteiger partial charge in [0.15, 0.2) is 0 Å². The van der Waals surface area contributed by atoms with Gasteiger partial charge in [-0.25, -0.2) is 14.4 Å². The van der Waals surface area contributed by atoms with Crippen molar-refractivity contribution in [1.82, 2.24) is 4.90 Å². The normalized spacial score (nSPS) is 15.2. The van der Waals surface area contributed by atoms with Gasteiger partial charge in [-0.2, -0.15) is 0 Å². The Labute approximate surface area is 223 Å². The maximum absolute atomic E-state index is 13.1. The molecule has 0 saturated carbocycles. The van der Waals surface area contributed by atoms with E-state index in [0.29, 0.717) is 19.4 Å². The van der Waals surface area contributed by atoms with Gasteiger partial charge in [0.1, 0.15) is 51.7 Å². The highest BCUT2D eigenvalue weighted by Gasteiger charge is 2.38. The van der Waals surface area contributed by atoms with Crippen LogP contribution in [0.4, 0.5) is 4.79 Å². The summed E-state index contributed by atoms with van der Waals surface area (Å²) in [5.74, 6) is -1.97. The van der Waals surface area contributed by atoms with Crippen LogP contribution in [0.2, 0.25) is 0 Å². The van der Waals surface area contributed by atoms with E-state index < -0.39 is 40.9 Å². The molecule has 0 spiro atoms. The maximum atomic E-state index is 13.1. The van der Waals surface area contributed by atoms with Gasteiger partial charge in [0.25, 0.3) is 0 Å². The van der Waals surface area contributed by atoms with E-state index >= 15 is 0 Å². The van der Waals surface area contributed by atoms with E-state index in [1.54, 1.807) is 27.7 Å². The first kappa shape index (κ1) is 28.6. The molecular weight excluding hydrogens is 522 g/mol. The van der Waals surface area contributed by atoms with Crippen molar-refractivity contribution in [1.29, 1.82) is 0 Å². The summed E-state index contributed by atoms with van der Waals surface area (Å²) in [6, 6.07) is 4.32. The van der Waals surface area contributed by atoms with Gasteiger partial charge in [-0.3, -0.25) is 9.69 Å². The van der Waals surface area contributed by atoms with E-state index in [2.05, 4.69) is 0 Å². The van der Waals surface area contributed by atoms with Crippen LogP contribution in [0.15, 0.2) is 44.2 Å². The van der Waals surface area contributed by atoms with Gasteiger partial charge in [0.05, 0.1) is 6.61 Å². The molecule has 0 radical (unpaired) electrons. The van der Waals surface area contributed by atoms with Gasteiger partial charge in [-0.05, 0) is 52.7 Å². The van der Waals surface area contributed by atoms with Crippen LogP contribution in [0.1, 0.15) is 51.1 Å². The number of carbonyl (C=O) groups is 3. The van der Waals surface area contributed by atoms with Gasteiger partial charge in [0, 0.05) is 18.7 Å². The number of amides is 1. The van der Waals surface area contributed by atoms with Crippen LogP contribution in [0, 0.1) is 0 Å². The molecule has 1 unspecified atom stereocenters. The molecule has 1 N–H and O–H groups in total. The summed E-state index contributed by atoms with van der Waals surface area (Å²) in [7, 11) is 0. The average Bonchev–Trinajstić information content (AvgIpc) is 3.48. The average molecular weight is 550 g/mol. The summed E-state index contributed by atoms with van der Waals surface area (Å²) in [5.41, 5.74) is -1.40. The largest absolute Gasteiger partial charge is 0.507 e. The second kappa shape index (κ2) is 11.2. The number of ether oxygens (including phenoxy) is 3. The molecule has 12 heteroatoms. The van der Waals surface area contributed by atoms with Crippen molar-refractivity contribution in [2.45, 2.75) is 52.2 Å². The van der Waals surface area contributed by atoms with E-state index in [0.717, 1.165) is 12.3 Å². The fourth-order valence-corrected chi connectivity index (χ4v) is 3.97.